The summed E-state index contributed by atoms with van der Waals surface area (Å²) in [5.41, 5.74) is 9.03. The van der Waals surface area contributed by atoms with E-state index >= 15 is 0 Å². The van der Waals surface area contributed by atoms with Crippen LogP contribution in [0.1, 0.15) is 35.4 Å². The normalized spacial score (nSPS) is 15.6. The number of hydrogen-bond donors (Lipinski definition) is 2. The van der Waals surface area contributed by atoms with Crippen molar-refractivity contribution >= 4 is 12.0 Å². The van der Waals surface area contributed by atoms with Crippen LogP contribution in [-0.2, 0) is 11.3 Å². The number of phenolic OH excluding ortho intramolecular Hbond substituents is 1. The molecule has 0 atom stereocenters. The summed E-state index contributed by atoms with van der Waals surface area (Å²) in [7, 11) is 0. The molecule has 2 aromatic rings. The van der Waals surface area contributed by atoms with Crippen LogP contribution in [0, 0.1) is 0 Å². The Morgan fingerprint density at radius 2 is 1.92 bits per heavy atom. The Hall–Kier alpha value is -2.59. The van der Waals surface area contributed by atoms with Crippen molar-refractivity contribution in [2.45, 2.75) is 25.3 Å². The highest BCUT2D eigenvalue weighted by Gasteiger charge is 2.22. The summed E-state index contributed by atoms with van der Waals surface area (Å²) >= 11 is 0. The zero-order valence-corrected chi connectivity index (χ0v) is 14.3. The average Bonchev–Trinajstić information content (AvgIpc) is 2.66. The number of hydrogen-bond acceptors (Lipinski definition) is 3. The summed E-state index contributed by atoms with van der Waals surface area (Å²) in [5.74, 6) is 0.721. The minimum Gasteiger partial charge on any atom is -0.508 e. The van der Waals surface area contributed by atoms with Gasteiger partial charge in [-0.15, -0.1) is 0 Å². The van der Waals surface area contributed by atoms with Gasteiger partial charge in [-0.3, -0.25) is 4.79 Å². The maximum absolute atomic E-state index is 12.4. The van der Waals surface area contributed by atoms with Crippen molar-refractivity contribution in [2.75, 3.05) is 13.1 Å². The molecule has 25 heavy (non-hydrogen) atoms. The van der Waals surface area contributed by atoms with E-state index in [-0.39, 0.29) is 11.7 Å². The van der Waals surface area contributed by atoms with Gasteiger partial charge in [-0.1, -0.05) is 36.4 Å². The summed E-state index contributed by atoms with van der Waals surface area (Å²) in [5, 5.41) is 9.46. The predicted molar refractivity (Wildman–Crippen MR) is 100 cm³/mol. The van der Waals surface area contributed by atoms with Crippen molar-refractivity contribution in [1.82, 2.24) is 4.90 Å². The molecule has 1 saturated heterocycles. The molecule has 130 valence electrons. The van der Waals surface area contributed by atoms with Gasteiger partial charge in [0.2, 0.25) is 5.91 Å². The summed E-state index contributed by atoms with van der Waals surface area (Å²) in [6.07, 6.45) is 5.28. The number of benzene rings is 2. The van der Waals surface area contributed by atoms with Gasteiger partial charge in [0.05, 0.1) is 0 Å². The van der Waals surface area contributed by atoms with Crippen molar-refractivity contribution in [1.29, 1.82) is 0 Å². The molecule has 1 aliphatic heterocycles. The van der Waals surface area contributed by atoms with Crippen LogP contribution in [0.2, 0.25) is 0 Å². The van der Waals surface area contributed by atoms with Crippen molar-refractivity contribution in [3.8, 4) is 5.75 Å². The summed E-state index contributed by atoms with van der Waals surface area (Å²) in [6, 6.07) is 15.3. The van der Waals surface area contributed by atoms with Crippen molar-refractivity contribution < 1.29 is 9.90 Å². The Bertz CT molecular complexity index is 762. The van der Waals surface area contributed by atoms with E-state index in [0.717, 1.165) is 37.1 Å². The van der Waals surface area contributed by atoms with Crippen LogP contribution in [0.4, 0.5) is 0 Å². The molecule has 4 nitrogen and oxygen atoms in total. The van der Waals surface area contributed by atoms with Crippen LogP contribution in [0.15, 0.2) is 54.6 Å². The number of likely N-dealkylation sites (tertiary alicyclic amines) is 1. The SMILES string of the molecule is NCc1cccc(C2CCN(C(=O)/C=C/c3cccc(O)c3)CC2)c1. The fourth-order valence-corrected chi connectivity index (χ4v) is 3.31. The predicted octanol–water partition coefficient (Wildman–Crippen LogP) is 3.27. The lowest BCUT2D eigenvalue weighted by Gasteiger charge is -2.31. The van der Waals surface area contributed by atoms with Gasteiger partial charge in [-0.05, 0) is 53.7 Å². The first kappa shape index (κ1) is 17.2. The largest absolute Gasteiger partial charge is 0.508 e. The van der Waals surface area contributed by atoms with Gasteiger partial charge in [0.15, 0.2) is 0 Å². The standard InChI is InChI=1S/C21H24N2O2/c22-15-17-4-1-5-19(13-17)18-9-11-23(12-10-18)21(25)8-7-16-3-2-6-20(24)14-16/h1-8,13-14,18,24H,9-12,15,22H2/b8-7+. The number of nitrogens with zero attached hydrogens (tertiary/aromatic N) is 1. The van der Waals surface area contributed by atoms with E-state index in [1.807, 2.05) is 17.0 Å². The molecule has 4 heteroatoms. The average molecular weight is 336 g/mol. The fraction of sp³-hybridized carbons (Fsp3) is 0.286. The minimum absolute atomic E-state index is 0.0255. The van der Waals surface area contributed by atoms with Crippen molar-refractivity contribution in [2.24, 2.45) is 5.73 Å². The first-order chi connectivity index (χ1) is 12.2. The highest BCUT2D eigenvalue weighted by molar-refractivity contribution is 5.91. The number of amides is 1. The minimum atomic E-state index is 0.0255. The molecule has 0 spiro atoms. The zero-order chi connectivity index (χ0) is 17.6. The van der Waals surface area contributed by atoms with E-state index in [4.69, 9.17) is 5.73 Å². The summed E-state index contributed by atoms with van der Waals surface area (Å²) in [6.45, 7) is 2.09. The van der Waals surface area contributed by atoms with Gasteiger partial charge in [0.25, 0.3) is 0 Å². The van der Waals surface area contributed by atoms with E-state index in [2.05, 4.69) is 18.2 Å². The zero-order valence-electron chi connectivity index (χ0n) is 14.3. The fourth-order valence-electron chi connectivity index (χ4n) is 3.31. The topological polar surface area (TPSA) is 66.6 Å². The molecule has 2 aromatic carbocycles. The quantitative estimate of drug-likeness (QED) is 0.842. The maximum Gasteiger partial charge on any atom is 0.246 e. The first-order valence-corrected chi connectivity index (χ1v) is 8.70. The second-order valence-corrected chi connectivity index (χ2v) is 6.48. The molecule has 1 heterocycles. The van der Waals surface area contributed by atoms with Gasteiger partial charge in [-0.25, -0.2) is 0 Å². The van der Waals surface area contributed by atoms with Crippen molar-refractivity contribution in [3.63, 3.8) is 0 Å². The molecule has 1 fully saturated rings. The maximum atomic E-state index is 12.4. The Labute approximate surface area is 148 Å². The molecule has 0 unspecified atom stereocenters. The van der Waals surface area contributed by atoms with Crippen molar-refractivity contribution in [3.05, 3.63) is 71.3 Å². The Morgan fingerprint density at radius 1 is 1.16 bits per heavy atom. The highest BCUT2D eigenvalue weighted by Crippen LogP contribution is 2.28. The third-order valence-electron chi connectivity index (χ3n) is 4.75. The Balaban J connectivity index is 1.57. The summed E-state index contributed by atoms with van der Waals surface area (Å²) < 4.78 is 0. The Morgan fingerprint density at radius 3 is 2.64 bits per heavy atom. The van der Waals surface area contributed by atoms with Gasteiger partial charge < -0.3 is 15.7 Å². The molecular weight excluding hydrogens is 312 g/mol. The molecule has 0 aromatic heterocycles. The molecule has 3 N–H and O–H groups in total. The lowest BCUT2D eigenvalue weighted by Crippen LogP contribution is -2.36. The van der Waals surface area contributed by atoms with E-state index in [9.17, 15) is 9.90 Å². The van der Waals surface area contributed by atoms with E-state index in [1.165, 1.54) is 5.56 Å². The van der Waals surface area contributed by atoms with Crippen LogP contribution < -0.4 is 5.73 Å². The molecular formula is C21H24N2O2. The van der Waals surface area contributed by atoms with Gasteiger partial charge in [0.1, 0.15) is 5.75 Å². The van der Waals surface area contributed by atoms with Crippen LogP contribution in [-0.4, -0.2) is 29.0 Å². The number of piperidine rings is 1. The smallest absolute Gasteiger partial charge is 0.246 e. The third kappa shape index (κ3) is 4.48. The molecule has 0 saturated carbocycles. The van der Waals surface area contributed by atoms with Crippen LogP contribution >= 0.6 is 0 Å². The van der Waals surface area contributed by atoms with E-state index < -0.39 is 0 Å². The second kappa shape index (κ2) is 7.99. The van der Waals surface area contributed by atoms with E-state index in [0.29, 0.717) is 12.5 Å². The number of phenols is 1. The Kier molecular flexibility index (Phi) is 5.51. The highest BCUT2D eigenvalue weighted by atomic mass is 16.3. The van der Waals surface area contributed by atoms with Crippen LogP contribution in [0.25, 0.3) is 6.08 Å². The number of nitrogens with two attached hydrogens (primary N) is 1. The van der Waals surface area contributed by atoms with E-state index in [1.54, 1.807) is 30.4 Å². The molecule has 0 bridgehead atoms. The lowest BCUT2D eigenvalue weighted by atomic mass is 9.88. The van der Waals surface area contributed by atoms with Gasteiger partial charge in [0, 0.05) is 25.7 Å². The monoisotopic (exact) mass is 336 g/mol. The van der Waals surface area contributed by atoms with Crippen LogP contribution in [0.5, 0.6) is 5.75 Å². The molecule has 0 aliphatic carbocycles. The lowest BCUT2D eigenvalue weighted by molar-refractivity contribution is -0.126. The molecule has 0 radical (unpaired) electrons. The van der Waals surface area contributed by atoms with Gasteiger partial charge in [-0.2, -0.15) is 0 Å². The number of carbonyl (C=O) groups excluding carboxylic acids is 1. The molecule has 1 aliphatic rings. The summed E-state index contributed by atoms with van der Waals surface area (Å²) in [4.78, 5) is 14.3. The first-order valence-electron chi connectivity index (χ1n) is 8.70. The number of rotatable bonds is 4. The number of carbonyl (C=O) groups is 1. The molecule has 3 rings (SSSR count). The number of aromatic hydroxyl groups is 1. The second-order valence-electron chi connectivity index (χ2n) is 6.48. The molecule has 1 amide bonds. The van der Waals surface area contributed by atoms with Crippen LogP contribution in [0.3, 0.4) is 0 Å². The van der Waals surface area contributed by atoms with Gasteiger partial charge >= 0.3 is 0 Å². The third-order valence-corrected chi connectivity index (χ3v) is 4.75.